The molecular formula is C42H48N8O5. The molecule has 2 aromatic heterocycles. The highest BCUT2D eigenvalue weighted by Crippen LogP contribution is 2.41. The lowest BCUT2D eigenvalue weighted by Gasteiger charge is -2.46. The number of piperazine rings is 1. The van der Waals surface area contributed by atoms with E-state index in [0.29, 0.717) is 58.7 Å². The predicted octanol–water partition coefficient (Wildman–Crippen LogP) is 4.14. The van der Waals surface area contributed by atoms with E-state index in [2.05, 4.69) is 57.6 Å². The minimum Gasteiger partial charge on any atom is -0.392 e. The highest BCUT2D eigenvalue weighted by molar-refractivity contribution is 6.07. The monoisotopic (exact) mass is 744 g/mol. The summed E-state index contributed by atoms with van der Waals surface area (Å²) in [6.45, 7) is 13.2. The summed E-state index contributed by atoms with van der Waals surface area (Å²) in [5.41, 5.74) is 7.22. The smallest absolute Gasteiger partial charge is 0.300 e. The number of nitrogens with zero attached hydrogens (tertiary/aromatic N) is 6. The molecule has 1 aliphatic carbocycles. The number of aliphatic hydroxyl groups is 1. The first-order chi connectivity index (χ1) is 26.4. The van der Waals surface area contributed by atoms with Crippen molar-refractivity contribution in [3.05, 3.63) is 81.5 Å². The van der Waals surface area contributed by atoms with Crippen molar-refractivity contribution in [3.8, 4) is 23.1 Å². The largest absolute Gasteiger partial charge is 0.392 e. The Morgan fingerprint density at radius 3 is 2.60 bits per heavy atom. The van der Waals surface area contributed by atoms with Crippen molar-refractivity contribution in [2.75, 3.05) is 59.8 Å². The summed E-state index contributed by atoms with van der Waals surface area (Å²) in [5, 5.41) is 17.0. The van der Waals surface area contributed by atoms with Gasteiger partial charge in [0.15, 0.2) is 5.82 Å². The number of nitrogens with one attached hydrogen (secondary N) is 2. The number of fused-ring (bicyclic) bond motifs is 3. The minimum atomic E-state index is -0.431. The highest BCUT2D eigenvalue weighted by atomic mass is 16.5. The Hall–Kier alpha value is -5.42. The quantitative estimate of drug-likeness (QED) is 0.228. The van der Waals surface area contributed by atoms with E-state index < -0.39 is 5.91 Å². The molecule has 2 amide bonds. The van der Waals surface area contributed by atoms with Gasteiger partial charge in [-0.2, -0.15) is 0 Å². The third-order valence-electron chi connectivity index (χ3n) is 11.4. The fourth-order valence-corrected chi connectivity index (χ4v) is 8.67. The van der Waals surface area contributed by atoms with E-state index >= 15 is 0 Å². The number of amides is 2. The predicted molar refractivity (Wildman–Crippen MR) is 213 cm³/mol. The molecule has 0 spiro atoms. The zero-order valence-corrected chi connectivity index (χ0v) is 32.1. The molecule has 1 atom stereocenters. The molecule has 0 saturated carbocycles. The van der Waals surface area contributed by atoms with E-state index in [9.17, 15) is 19.5 Å². The van der Waals surface area contributed by atoms with Gasteiger partial charge in [-0.3, -0.25) is 19.3 Å². The zero-order chi connectivity index (χ0) is 38.6. The first-order valence-electron chi connectivity index (χ1n) is 19.0. The number of rotatable bonds is 8. The number of carbonyl (C=O) groups is 2. The van der Waals surface area contributed by atoms with Gasteiger partial charge in [0.25, 0.3) is 17.4 Å². The molecule has 4 aromatic rings. The molecule has 0 unspecified atom stereocenters. The number of aryl methyl sites for hydroxylation is 1. The second kappa shape index (κ2) is 14.3. The maximum absolute atomic E-state index is 14.0. The van der Waals surface area contributed by atoms with Crippen LogP contribution in [0.4, 0.5) is 28.6 Å². The van der Waals surface area contributed by atoms with Gasteiger partial charge in [-0.25, -0.2) is 4.98 Å². The number of hydrogen-bond donors (Lipinski definition) is 3. The molecule has 3 N–H and O–H groups in total. The van der Waals surface area contributed by atoms with Gasteiger partial charge in [-0.1, -0.05) is 31.9 Å². The molecule has 286 valence electrons. The molecule has 2 saturated heterocycles. The number of benzene rings is 2. The number of hydrogen-bond acceptors (Lipinski definition) is 9. The van der Waals surface area contributed by atoms with Crippen LogP contribution in [-0.4, -0.2) is 87.4 Å². The van der Waals surface area contributed by atoms with Crippen molar-refractivity contribution in [1.29, 1.82) is 0 Å². The molecule has 13 nitrogen and oxygen atoms in total. The molecule has 55 heavy (non-hydrogen) atoms. The van der Waals surface area contributed by atoms with Gasteiger partial charge in [0.05, 0.1) is 48.6 Å². The first-order valence-corrected chi connectivity index (χ1v) is 19.0. The minimum absolute atomic E-state index is 0.0710. The molecule has 5 heterocycles. The summed E-state index contributed by atoms with van der Waals surface area (Å²) in [4.78, 5) is 51.6. The van der Waals surface area contributed by atoms with E-state index in [1.54, 1.807) is 31.1 Å². The molecule has 13 heteroatoms. The Labute approximate surface area is 320 Å². The van der Waals surface area contributed by atoms with Gasteiger partial charge >= 0.3 is 0 Å². The summed E-state index contributed by atoms with van der Waals surface area (Å²) < 4.78 is 9.04. The Bertz CT molecular complexity index is 2310. The molecular weight excluding hydrogens is 697 g/mol. The van der Waals surface area contributed by atoms with Crippen LogP contribution >= 0.6 is 0 Å². The van der Waals surface area contributed by atoms with E-state index in [0.717, 1.165) is 51.4 Å². The summed E-state index contributed by atoms with van der Waals surface area (Å²) in [6.07, 6.45) is 3.53. The number of anilines is 5. The van der Waals surface area contributed by atoms with Crippen LogP contribution in [-0.2, 0) is 42.6 Å². The van der Waals surface area contributed by atoms with Crippen molar-refractivity contribution >= 4 is 40.4 Å². The molecule has 0 bridgehead atoms. The first kappa shape index (κ1) is 36.6. The van der Waals surface area contributed by atoms with Crippen molar-refractivity contribution in [1.82, 2.24) is 19.0 Å². The van der Waals surface area contributed by atoms with E-state index in [-0.39, 0.29) is 35.3 Å². The molecule has 0 radical (unpaired) electrons. The van der Waals surface area contributed by atoms with Crippen molar-refractivity contribution < 1.29 is 19.4 Å². The Kier molecular flexibility index (Phi) is 9.53. The van der Waals surface area contributed by atoms with Crippen molar-refractivity contribution in [2.45, 2.75) is 65.8 Å². The highest BCUT2D eigenvalue weighted by Gasteiger charge is 2.37. The lowest BCUT2D eigenvalue weighted by molar-refractivity contribution is -0.111. The molecule has 2 aromatic carbocycles. The summed E-state index contributed by atoms with van der Waals surface area (Å²) in [7, 11) is 1.65. The molecule has 3 aliphatic heterocycles. The Morgan fingerprint density at radius 2 is 1.87 bits per heavy atom. The standard InChI is InChI=1S/C42H48N8O5/c1-6-8-38(52)44-32-18-28(11-12-35(32)48-14-13-47(21-26(48)2)29-24-55-25-29)43-39-41(54)46(5)22-33(45-39)30-9-7-10-34(31(30)23-51)50-16-15-49-36(40(50)53)17-27-19-42(3,4)20-37(27)49/h7,9-12,17-18,22,26,29,51H,13-16,19-21,23-25H2,1-5H3,(H,43,45)(H,44,52)/t26-/m0/s1. The summed E-state index contributed by atoms with van der Waals surface area (Å²) in [5.74, 6) is 4.78. The maximum Gasteiger partial charge on any atom is 0.300 e. The lowest BCUT2D eigenvalue weighted by Crippen LogP contribution is -2.59. The van der Waals surface area contributed by atoms with Crippen LogP contribution in [0.1, 0.15) is 55.0 Å². The average molecular weight is 745 g/mol. The summed E-state index contributed by atoms with van der Waals surface area (Å²) in [6, 6.07) is 13.8. The van der Waals surface area contributed by atoms with Gasteiger partial charge < -0.3 is 39.4 Å². The third-order valence-corrected chi connectivity index (χ3v) is 11.4. The van der Waals surface area contributed by atoms with Gasteiger partial charge in [0.1, 0.15) is 5.69 Å². The lowest BCUT2D eigenvalue weighted by atomic mass is 9.90. The maximum atomic E-state index is 14.0. The van der Waals surface area contributed by atoms with Crippen LogP contribution in [0.15, 0.2) is 53.5 Å². The van der Waals surface area contributed by atoms with Gasteiger partial charge in [-0.05, 0) is 73.9 Å². The molecule has 2 fully saturated rings. The second-order valence-electron chi connectivity index (χ2n) is 15.9. The topological polar surface area (TPSA) is 137 Å². The fraction of sp³-hybridized carbons (Fsp3) is 0.429. The van der Waals surface area contributed by atoms with Gasteiger partial charge in [-0.15, -0.1) is 0 Å². The van der Waals surface area contributed by atoms with Crippen LogP contribution in [0.3, 0.4) is 0 Å². The van der Waals surface area contributed by atoms with Crippen LogP contribution in [0.5, 0.6) is 0 Å². The Balaban J connectivity index is 1.09. The van der Waals surface area contributed by atoms with Crippen LogP contribution in [0, 0.1) is 17.3 Å². The third kappa shape index (κ3) is 6.79. The Morgan fingerprint density at radius 1 is 1.05 bits per heavy atom. The summed E-state index contributed by atoms with van der Waals surface area (Å²) >= 11 is 0. The zero-order valence-electron chi connectivity index (χ0n) is 32.1. The van der Waals surface area contributed by atoms with Crippen molar-refractivity contribution in [2.24, 2.45) is 12.5 Å². The van der Waals surface area contributed by atoms with E-state index in [1.165, 1.54) is 15.8 Å². The average Bonchev–Trinajstić information content (AvgIpc) is 3.62. The fourth-order valence-electron chi connectivity index (χ4n) is 8.67. The van der Waals surface area contributed by atoms with E-state index in [4.69, 9.17) is 9.72 Å². The van der Waals surface area contributed by atoms with Gasteiger partial charge in [0, 0.05) is 74.5 Å². The van der Waals surface area contributed by atoms with Crippen LogP contribution < -0.4 is 26.0 Å². The van der Waals surface area contributed by atoms with Crippen LogP contribution in [0.25, 0.3) is 11.3 Å². The number of ether oxygens (including phenoxy) is 1. The van der Waals surface area contributed by atoms with Crippen LogP contribution in [0.2, 0.25) is 0 Å². The molecule has 4 aliphatic rings. The number of carbonyl (C=O) groups excluding carboxylic acids is 2. The number of aliphatic hydroxyl groups excluding tert-OH is 1. The van der Waals surface area contributed by atoms with E-state index in [1.807, 2.05) is 36.4 Å². The van der Waals surface area contributed by atoms with Gasteiger partial charge in [0.2, 0.25) is 0 Å². The number of aromatic nitrogens is 3. The molecule has 8 rings (SSSR count). The SMILES string of the molecule is CC#CC(=O)Nc1cc(Nc2nc(-c3cccc(N4CCn5c(cc6c5CC(C)(C)C6)C4=O)c3CO)cn(C)c2=O)ccc1N1CCN(C2COC2)C[C@@H]1C. The van der Waals surface area contributed by atoms with Crippen molar-refractivity contribution in [3.63, 3.8) is 0 Å². The second-order valence-corrected chi connectivity index (χ2v) is 15.9. The normalized spacial score (nSPS) is 19.3.